The minimum Gasteiger partial charge on any atom is -0.383 e. The first-order valence-corrected chi connectivity index (χ1v) is 7.05. The number of ether oxygens (including phenoxy) is 1. The zero-order valence-corrected chi connectivity index (χ0v) is 12.3. The molecule has 2 heterocycles. The highest BCUT2D eigenvalue weighted by atomic mass is 16.5. The summed E-state index contributed by atoms with van der Waals surface area (Å²) < 4.78 is 5.43. The third-order valence-electron chi connectivity index (χ3n) is 3.92. The summed E-state index contributed by atoms with van der Waals surface area (Å²) in [6.07, 6.45) is 4.03. The zero-order chi connectivity index (χ0) is 12.9. The zero-order valence-electron chi connectivity index (χ0n) is 12.3. The summed E-state index contributed by atoms with van der Waals surface area (Å²) in [4.78, 5) is 4.98. The summed E-state index contributed by atoms with van der Waals surface area (Å²) in [5.74, 6) is 0.843. The second kappa shape index (κ2) is 6.72. The lowest BCUT2D eigenvalue weighted by Crippen LogP contribution is -2.42. The first-order chi connectivity index (χ1) is 8.16. The first-order valence-electron chi connectivity index (χ1n) is 7.05. The lowest BCUT2D eigenvalue weighted by Gasteiger charge is -2.31. The summed E-state index contributed by atoms with van der Waals surface area (Å²) in [5, 5.41) is 0. The monoisotopic (exact) mass is 242 g/mol. The lowest BCUT2D eigenvalue weighted by molar-refractivity contribution is 0.0652. The highest BCUT2D eigenvalue weighted by Crippen LogP contribution is 2.41. The van der Waals surface area contributed by atoms with Gasteiger partial charge in [-0.05, 0) is 45.8 Å². The van der Waals surface area contributed by atoms with E-state index in [1.807, 2.05) is 21.0 Å². The van der Waals surface area contributed by atoms with Gasteiger partial charge in [0.2, 0.25) is 0 Å². The second-order valence-corrected chi connectivity index (χ2v) is 5.54. The van der Waals surface area contributed by atoms with Gasteiger partial charge in [-0.15, -0.1) is 0 Å². The average Bonchev–Trinajstić information content (AvgIpc) is 2.76. The van der Waals surface area contributed by atoms with Crippen LogP contribution in [0, 0.1) is 5.92 Å². The van der Waals surface area contributed by atoms with Crippen molar-refractivity contribution in [3.05, 3.63) is 0 Å². The van der Waals surface area contributed by atoms with Crippen molar-refractivity contribution in [1.82, 2.24) is 9.80 Å². The largest absolute Gasteiger partial charge is 0.383 e. The van der Waals surface area contributed by atoms with Gasteiger partial charge in [0.15, 0.2) is 0 Å². The Labute approximate surface area is 107 Å². The highest BCUT2D eigenvalue weighted by Gasteiger charge is 2.48. The van der Waals surface area contributed by atoms with E-state index in [0.717, 1.165) is 12.5 Å². The molecule has 0 radical (unpaired) electrons. The fraction of sp³-hybridized carbons (Fsp3) is 1.00. The Morgan fingerprint density at radius 3 is 2.65 bits per heavy atom. The number of rotatable bonds is 4. The molecule has 0 spiro atoms. The van der Waals surface area contributed by atoms with Crippen LogP contribution in [0.1, 0.15) is 33.1 Å². The molecular weight excluding hydrogens is 212 g/mol. The lowest BCUT2D eigenvalue weighted by atomic mass is 9.90. The highest BCUT2D eigenvalue weighted by molar-refractivity contribution is 5.03. The van der Waals surface area contributed by atoms with Crippen LogP contribution in [0.2, 0.25) is 0 Å². The van der Waals surface area contributed by atoms with Crippen LogP contribution in [-0.4, -0.2) is 62.8 Å². The Bertz CT molecular complexity index is 220. The van der Waals surface area contributed by atoms with Crippen molar-refractivity contribution in [2.75, 3.05) is 47.4 Å². The summed E-state index contributed by atoms with van der Waals surface area (Å²) in [6, 6.07) is 0. The maximum Gasteiger partial charge on any atom is 0.0646 e. The van der Waals surface area contributed by atoms with Crippen molar-refractivity contribution >= 4 is 0 Å². The molecule has 0 N–H and O–H groups in total. The van der Waals surface area contributed by atoms with Gasteiger partial charge in [0.1, 0.15) is 0 Å². The van der Waals surface area contributed by atoms with Gasteiger partial charge in [0.05, 0.1) is 6.61 Å². The Morgan fingerprint density at radius 2 is 2.06 bits per heavy atom. The fourth-order valence-corrected chi connectivity index (χ4v) is 3.55. The van der Waals surface area contributed by atoms with Gasteiger partial charge in [0, 0.05) is 25.7 Å². The maximum atomic E-state index is 5.43. The van der Waals surface area contributed by atoms with Gasteiger partial charge in [-0.2, -0.15) is 0 Å². The fourth-order valence-electron chi connectivity index (χ4n) is 3.55. The van der Waals surface area contributed by atoms with Crippen molar-refractivity contribution in [3.8, 4) is 0 Å². The van der Waals surface area contributed by atoms with Gasteiger partial charge >= 0.3 is 0 Å². The van der Waals surface area contributed by atoms with Crippen LogP contribution < -0.4 is 0 Å². The van der Waals surface area contributed by atoms with Crippen molar-refractivity contribution in [2.24, 2.45) is 5.92 Å². The molecule has 0 aromatic heterocycles. The van der Waals surface area contributed by atoms with Crippen LogP contribution in [-0.2, 0) is 4.74 Å². The van der Waals surface area contributed by atoms with Crippen LogP contribution in [0.5, 0.6) is 0 Å². The molecule has 3 heteroatoms. The van der Waals surface area contributed by atoms with Crippen molar-refractivity contribution in [2.45, 2.75) is 38.6 Å². The molecule has 2 aliphatic rings. The number of hydrogen-bond donors (Lipinski definition) is 0. The predicted octanol–water partition coefficient (Wildman–Crippen LogP) is 2.08. The van der Waals surface area contributed by atoms with Crippen molar-refractivity contribution < 1.29 is 4.74 Å². The quantitative estimate of drug-likeness (QED) is 0.750. The molecule has 3 nitrogen and oxygen atoms in total. The van der Waals surface area contributed by atoms with E-state index in [9.17, 15) is 0 Å². The van der Waals surface area contributed by atoms with Crippen LogP contribution in [0.25, 0.3) is 0 Å². The Balaban J connectivity index is 0.000000686. The third-order valence-corrected chi connectivity index (χ3v) is 3.92. The van der Waals surface area contributed by atoms with Crippen LogP contribution in [0.3, 0.4) is 0 Å². The molecule has 0 saturated carbocycles. The molecule has 102 valence electrons. The summed E-state index contributed by atoms with van der Waals surface area (Å²) in [5.41, 5.74) is 0.398. The van der Waals surface area contributed by atoms with Gasteiger partial charge in [-0.3, -0.25) is 4.90 Å². The third kappa shape index (κ3) is 3.43. The molecule has 0 bridgehead atoms. The molecular formula is C14H30N2O. The minimum atomic E-state index is 0.398. The van der Waals surface area contributed by atoms with E-state index >= 15 is 0 Å². The van der Waals surface area contributed by atoms with Crippen LogP contribution in [0.4, 0.5) is 0 Å². The number of nitrogens with zero attached hydrogens (tertiary/aromatic N) is 2. The second-order valence-electron chi connectivity index (χ2n) is 5.54. The van der Waals surface area contributed by atoms with Crippen molar-refractivity contribution in [3.63, 3.8) is 0 Å². The summed E-state index contributed by atoms with van der Waals surface area (Å²) in [7, 11) is 6.18. The van der Waals surface area contributed by atoms with E-state index in [-0.39, 0.29) is 0 Å². The van der Waals surface area contributed by atoms with Crippen molar-refractivity contribution in [1.29, 1.82) is 0 Å². The molecule has 2 fully saturated rings. The van der Waals surface area contributed by atoms with E-state index in [4.69, 9.17) is 4.74 Å². The summed E-state index contributed by atoms with van der Waals surface area (Å²) >= 11 is 0. The molecule has 2 saturated heterocycles. The molecule has 0 aliphatic carbocycles. The molecule has 1 unspecified atom stereocenters. The molecule has 0 aromatic carbocycles. The smallest absolute Gasteiger partial charge is 0.0646 e. The van der Waals surface area contributed by atoms with E-state index in [0.29, 0.717) is 5.54 Å². The topological polar surface area (TPSA) is 15.7 Å². The molecule has 0 aromatic rings. The molecule has 2 aliphatic heterocycles. The Kier molecular flexibility index (Phi) is 5.90. The van der Waals surface area contributed by atoms with E-state index < -0.39 is 0 Å². The standard InChI is InChI=1S/C12H24N2O.C2H6/c1-13(2)8-11-7-12(10-15-3)5-4-6-14(12)9-11;1-2/h11H,4-10H2,1-3H3;1-2H3/t11?,12-;/m0./s1. The van der Waals surface area contributed by atoms with E-state index in [1.54, 1.807) is 0 Å². The van der Waals surface area contributed by atoms with E-state index in [2.05, 4.69) is 23.9 Å². The molecule has 0 amide bonds. The van der Waals surface area contributed by atoms with Gasteiger partial charge in [-0.25, -0.2) is 0 Å². The first kappa shape index (κ1) is 14.9. The number of methoxy groups -OCH3 is 1. The maximum absolute atomic E-state index is 5.43. The van der Waals surface area contributed by atoms with Crippen LogP contribution in [0.15, 0.2) is 0 Å². The molecule has 2 rings (SSSR count). The number of hydrogen-bond acceptors (Lipinski definition) is 3. The SMILES string of the molecule is CC.COC[C@@]12CCCN1CC(CN(C)C)C2. The average molecular weight is 242 g/mol. The summed E-state index contributed by atoms with van der Waals surface area (Å²) in [6.45, 7) is 8.72. The van der Waals surface area contributed by atoms with Gasteiger partial charge in [0.25, 0.3) is 0 Å². The van der Waals surface area contributed by atoms with E-state index in [1.165, 1.54) is 38.9 Å². The Morgan fingerprint density at radius 1 is 1.35 bits per heavy atom. The molecule has 2 atom stereocenters. The Hall–Kier alpha value is -0.120. The predicted molar refractivity (Wildman–Crippen MR) is 73.4 cm³/mol. The van der Waals surface area contributed by atoms with Crippen LogP contribution >= 0.6 is 0 Å². The number of fused-ring (bicyclic) bond motifs is 1. The van der Waals surface area contributed by atoms with Gasteiger partial charge < -0.3 is 9.64 Å². The normalized spacial score (nSPS) is 32.5. The van der Waals surface area contributed by atoms with Gasteiger partial charge in [-0.1, -0.05) is 13.8 Å². The molecule has 17 heavy (non-hydrogen) atoms. The minimum absolute atomic E-state index is 0.398.